The third-order valence-corrected chi connectivity index (χ3v) is 1.08. The molecule has 0 atom stereocenters. The van der Waals surface area contributed by atoms with Gasteiger partial charge in [-0.1, -0.05) is 0 Å². The first-order valence-electron chi connectivity index (χ1n) is 2.52. The lowest BCUT2D eigenvalue weighted by atomic mass is 10.9. The zero-order valence-corrected chi connectivity index (χ0v) is 7.90. The fourth-order valence-electron chi connectivity index (χ4n) is 0.621. The molecule has 1 aliphatic heterocycles. The minimum absolute atomic E-state index is 0. The van der Waals surface area contributed by atoms with Crippen molar-refractivity contribution in [3.8, 4) is 0 Å². The number of halogens is 1. The minimum Gasteiger partial charge on any atom is -0.360 e. The molecule has 0 spiro atoms. The van der Waals surface area contributed by atoms with Crippen LogP contribution in [0.15, 0.2) is 12.4 Å². The van der Waals surface area contributed by atoms with Gasteiger partial charge in [0.05, 0.1) is 7.11 Å². The Kier molecular flexibility index (Phi) is 3.96. The Bertz CT molecular complexity index is 107. The molecule has 0 aliphatic carbocycles. The van der Waals surface area contributed by atoms with Crippen molar-refractivity contribution in [2.24, 2.45) is 0 Å². The molecule has 0 N–H and O–H groups in total. The fourth-order valence-corrected chi connectivity index (χ4v) is 0.621. The molecule has 0 aromatic heterocycles. The van der Waals surface area contributed by atoms with Gasteiger partial charge in [-0.3, -0.25) is 4.84 Å². The van der Waals surface area contributed by atoms with Crippen LogP contribution in [0.25, 0.3) is 0 Å². The van der Waals surface area contributed by atoms with Gasteiger partial charge in [-0.05, 0) is 0 Å². The molecule has 1 rings (SSSR count). The molecule has 0 unspecified atom stereocenters. The zero-order chi connectivity index (χ0) is 5.98. The van der Waals surface area contributed by atoms with Crippen LogP contribution < -0.4 is 0 Å². The van der Waals surface area contributed by atoms with E-state index in [4.69, 9.17) is 4.84 Å². The van der Waals surface area contributed by atoms with Crippen molar-refractivity contribution in [1.82, 2.24) is 9.96 Å². The number of hydroxylamine groups is 2. The number of rotatable bonds is 1. The van der Waals surface area contributed by atoms with E-state index < -0.39 is 0 Å². The maximum Gasteiger partial charge on any atom is 0.115 e. The first kappa shape index (κ1) is 9.03. The highest BCUT2D eigenvalue weighted by Crippen LogP contribution is 2.01. The summed E-state index contributed by atoms with van der Waals surface area (Å²) in [5.74, 6) is 0. The highest BCUT2D eigenvalue weighted by molar-refractivity contribution is 14.0. The molecule has 9 heavy (non-hydrogen) atoms. The van der Waals surface area contributed by atoms with Crippen LogP contribution in [-0.2, 0) is 4.84 Å². The van der Waals surface area contributed by atoms with Crippen molar-refractivity contribution >= 4 is 24.0 Å². The standard InChI is InChI=1S/C5H10N2O.HI/c1-6-3-4-7(5-6)8-2;/h3-4H,5H2,1-2H3;1H. The van der Waals surface area contributed by atoms with Crippen molar-refractivity contribution in [3.05, 3.63) is 12.4 Å². The summed E-state index contributed by atoms with van der Waals surface area (Å²) in [6, 6.07) is 0. The van der Waals surface area contributed by atoms with Crippen LogP contribution in [0.4, 0.5) is 0 Å². The van der Waals surface area contributed by atoms with E-state index in [0.29, 0.717) is 0 Å². The van der Waals surface area contributed by atoms with Crippen LogP contribution in [0.3, 0.4) is 0 Å². The second-order valence-corrected chi connectivity index (χ2v) is 1.80. The minimum atomic E-state index is 0. The molecule has 0 saturated heterocycles. The van der Waals surface area contributed by atoms with Gasteiger partial charge in [0.25, 0.3) is 0 Å². The summed E-state index contributed by atoms with van der Waals surface area (Å²) in [6.45, 7) is 0.830. The van der Waals surface area contributed by atoms with Crippen LogP contribution in [-0.4, -0.2) is 30.8 Å². The molecular weight excluding hydrogens is 231 g/mol. The number of hydrogen-bond donors (Lipinski definition) is 0. The number of nitrogens with zero attached hydrogens (tertiary/aromatic N) is 2. The average Bonchev–Trinajstić information content (AvgIpc) is 2.14. The Labute approximate surface area is 72.2 Å². The van der Waals surface area contributed by atoms with E-state index in [1.165, 1.54) is 0 Å². The molecule has 54 valence electrons. The maximum atomic E-state index is 4.89. The molecule has 3 nitrogen and oxygen atoms in total. The van der Waals surface area contributed by atoms with Crippen LogP contribution in [0.5, 0.6) is 0 Å². The molecule has 0 amide bonds. The first-order chi connectivity index (χ1) is 3.83. The Balaban J connectivity index is 0.000000640. The van der Waals surface area contributed by atoms with Crippen molar-refractivity contribution in [3.63, 3.8) is 0 Å². The highest BCUT2D eigenvalue weighted by Gasteiger charge is 2.04. The Hall–Kier alpha value is 0.0300. The van der Waals surface area contributed by atoms with Gasteiger partial charge < -0.3 is 4.90 Å². The van der Waals surface area contributed by atoms with E-state index in [1.54, 1.807) is 12.2 Å². The molecule has 0 saturated carbocycles. The molecular formula is C5H11IN2O. The van der Waals surface area contributed by atoms with E-state index >= 15 is 0 Å². The lowest BCUT2D eigenvalue weighted by molar-refractivity contribution is -0.0955. The Morgan fingerprint density at radius 3 is 2.33 bits per heavy atom. The third kappa shape index (κ3) is 2.40. The zero-order valence-electron chi connectivity index (χ0n) is 5.57. The van der Waals surface area contributed by atoms with Gasteiger partial charge in [0.2, 0.25) is 0 Å². The molecule has 0 bridgehead atoms. The summed E-state index contributed by atoms with van der Waals surface area (Å²) in [4.78, 5) is 6.92. The maximum absolute atomic E-state index is 4.89. The van der Waals surface area contributed by atoms with E-state index in [1.807, 2.05) is 24.3 Å². The van der Waals surface area contributed by atoms with Crippen LogP contribution in [0.1, 0.15) is 0 Å². The van der Waals surface area contributed by atoms with Gasteiger partial charge in [0, 0.05) is 19.4 Å². The van der Waals surface area contributed by atoms with Crippen molar-refractivity contribution in [2.75, 3.05) is 20.8 Å². The normalized spacial score (nSPS) is 16.2. The van der Waals surface area contributed by atoms with Crippen molar-refractivity contribution in [1.29, 1.82) is 0 Å². The quantitative estimate of drug-likeness (QED) is 0.634. The summed E-state index contributed by atoms with van der Waals surface area (Å²) in [7, 11) is 3.65. The van der Waals surface area contributed by atoms with Crippen LogP contribution >= 0.6 is 24.0 Å². The summed E-state index contributed by atoms with van der Waals surface area (Å²) in [5, 5.41) is 1.75. The molecule has 4 heteroatoms. The van der Waals surface area contributed by atoms with Gasteiger partial charge in [-0.2, -0.15) is 0 Å². The predicted octanol–water partition coefficient (Wildman–Crippen LogP) is 0.842. The summed E-state index contributed by atoms with van der Waals surface area (Å²) in [6.07, 6.45) is 3.85. The molecule has 1 aliphatic rings. The molecule has 0 aromatic rings. The summed E-state index contributed by atoms with van der Waals surface area (Å²) in [5.41, 5.74) is 0. The topological polar surface area (TPSA) is 15.7 Å². The van der Waals surface area contributed by atoms with E-state index in [-0.39, 0.29) is 24.0 Å². The van der Waals surface area contributed by atoms with E-state index in [9.17, 15) is 0 Å². The van der Waals surface area contributed by atoms with Crippen molar-refractivity contribution in [2.45, 2.75) is 0 Å². The molecule has 0 fully saturated rings. The van der Waals surface area contributed by atoms with E-state index in [2.05, 4.69) is 0 Å². The van der Waals surface area contributed by atoms with Gasteiger partial charge in [-0.15, -0.1) is 24.0 Å². The van der Waals surface area contributed by atoms with Crippen molar-refractivity contribution < 1.29 is 4.84 Å². The third-order valence-electron chi connectivity index (χ3n) is 1.08. The van der Waals surface area contributed by atoms with Gasteiger partial charge in [-0.25, -0.2) is 5.06 Å². The smallest absolute Gasteiger partial charge is 0.115 e. The average molecular weight is 242 g/mol. The van der Waals surface area contributed by atoms with Crippen LogP contribution in [0, 0.1) is 0 Å². The Morgan fingerprint density at radius 2 is 2.11 bits per heavy atom. The lowest BCUT2D eigenvalue weighted by Gasteiger charge is -2.13. The first-order valence-corrected chi connectivity index (χ1v) is 2.52. The fraction of sp³-hybridized carbons (Fsp3) is 0.600. The summed E-state index contributed by atoms with van der Waals surface area (Å²) >= 11 is 0. The number of hydrogen-bond acceptors (Lipinski definition) is 3. The highest BCUT2D eigenvalue weighted by atomic mass is 127. The van der Waals surface area contributed by atoms with Gasteiger partial charge >= 0.3 is 0 Å². The van der Waals surface area contributed by atoms with Gasteiger partial charge in [0.15, 0.2) is 0 Å². The molecule has 0 radical (unpaired) electrons. The predicted molar refractivity (Wildman–Crippen MR) is 46.0 cm³/mol. The molecule has 0 aromatic carbocycles. The van der Waals surface area contributed by atoms with Crippen LogP contribution in [0.2, 0.25) is 0 Å². The second-order valence-electron chi connectivity index (χ2n) is 1.80. The Morgan fingerprint density at radius 1 is 1.44 bits per heavy atom. The van der Waals surface area contributed by atoms with E-state index in [0.717, 1.165) is 6.67 Å². The SMILES string of the molecule is CON1C=CN(C)C1.I. The largest absolute Gasteiger partial charge is 0.360 e. The van der Waals surface area contributed by atoms with Gasteiger partial charge in [0.1, 0.15) is 6.67 Å². The monoisotopic (exact) mass is 242 g/mol. The lowest BCUT2D eigenvalue weighted by Crippen LogP contribution is -2.20. The second kappa shape index (κ2) is 3.94. The molecule has 1 heterocycles. The summed E-state index contributed by atoms with van der Waals surface area (Å²) < 4.78 is 0.